The first-order chi connectivity index (χ1) is 14.4. The van der Waals surface area contributed by atoms with Gasteiger partial charge < -0.3 is 14.7 Å². The smallest absolute Gasteiger partial charge is 0.167 e. The Balaban J connectivity index is 1.77. The number of hydrogen-bond acceptors (Lipinski definition) is 3. The fourth-order valence-corrected chi connectivity index (χ4v) is 3.86. The maximum atomic E-state index is 13.9. The van der Waals surface area contributed by atoms with E-state index >= 15 is 0 Å². The van der Waals surface area contributed by atoms with E-state index in [9.17, 15) is 8.78 Å². The Morgan fingerprint density at radius 1 is 0.933 bits per heavy atom. The van der Waals surface area contributed by atoms with Crippen LogP contribution in [0.3, 0.4) is 0 Å². The molecule has 0 radical (unpaired) electrons. The highest BCUT2D eigenvalue weighted by molar-refractivity contribution is 6.20. The van der Waals surface area contributed by atoms with Gasteiger partial charge in [-0.15, -0.1) is 0 Å². The topological polar surface area (TPSA) is 93.9 Å². The molecule has 0 amide bonds. The number of fused-ring (bicyclic) bond motifs is 6. The molecule has 0 saturated heterocycles. The Morgan fingerprint density at radius 3 is 1.97 bits per heavy atom. The zero-order valence-electron chi connectivity index (χ0n) is 16.1. The average Bonchev–Trinajstić information content (AvgIpc) is 3.25. The van der Waals surface area contributed by atoms with Gasteiger partial charge in [-0.2, -0.15) is 0 Å². The Kier molecular flexibility index (Phi) is 4.11. The van der Waals surface area contributed by atoms with E-state index in [0.29, 0.717) is 23.3 Å². The highest BCUT2D eigenvalue weighted by Gasteiger charge is 2.18. The number of amidine groups is 1. The zero-order valence-corrected chi connectivity index (χ0v) is 16.1. The third kappa shape index (κ3) is 2.84. The van der Waals surface area contributed by atoms with Crippen LogP contribution in [0.25, 0.3) is 43.6 Å². The minimum atomic E-state index is -0.337. The van der Waals surface area contributed by atoms with Crippen LogP contribution < -0.4 is 10.6 Å². The lowest BCUT2D eigenvalue weighted by Crippen LogP contribution is -2.38. The van der Waals surface area contributed by atoms with Gasteiger partial charge >= 0.3 is 0 Å². The first kappa shape index (κ1) is 18.4. The van der Waals surface area contributed by atoms with Crippen molar-refractivity contribution in [2.45, 2.75) is 6.92 Å². The summed E-state index contributed by atoms with van der Waals surface area (Å²) in [5, 5.41) is 11.9. The van der Waals surface area contributed by atoms with E-state index in [0.717, 1.165) is 32.6 Å². The van der Waals surface area contributed by atoms with Gasteiger partial charge in [0.25, 0.3) is 0 Å². The maximum absolute atomic E-state index is 13.9. The van der Waals surface area contributed by atoms with E-state index in [1.807, 2.05) is 6.07 Å². The number of halogens is 2. The van der Waals surface area contributed by atoms with Crippen LogP contribution in [-0.4, -0.2) is 34.0 Å². The molecule has 0 fully saturated rings. The predicted octanol–water partition coefficient (Wildman–Crippen LogP) is 4.79. The van der Waals surface area contributed by atoms with Crippen molar-refractivity contribution < 1.29 is 13.5 Å². The number of nitrogens with zero attached hydrogens (tertiary/aromatic N) is 1. The molecular weight excluding hydrogens is 388 g/mol. The van der Waals surface area contributed by atoms with Crippen LogP contribution in [0, 0.1) is 17.0 Å². The van der Waals surface area contributed by atoms with Crippen molar-refractivity contribution in [1.29, 1.82) is 5.41 Å². The minimum Gasteiger partial charge on any atom is -0.487 e. The fraction of sp³-hybridized carbons (Fsp3) is 0.136. The predicted molar refractivity (Wildman–Crippen MR) is 115 cm³/mol. The van der Waals surface area contributed by atoms with Gasteiger partial charge in [0.2, 0.25) is 0 Å². The Bertz CT molecular complexity index is 1360. The molecule has 0 aliphatic rings. The summed E-state index contributed by atoms with van der Waals surface area (Å²) in [4.78, 5) is 6.62. The number of rotatable bonds is 4. The van der Waals surface area contributed by atoms with Crippen molar-refractivity contribution in [1.82, 2.24) is 15.0 Å². The van der Waals surface area contributed by atoms with Gasteiger partial charge in [0.05, 0.1) is 17.6 Å². The third-order valence-corrected chi connectivity index (χ3v) is 5.35. The van der Waals surface area contributed by atoms with Crippen LogP contribution >= 0.6 is 0 Å². The number of aromatic amines is 2. The number of hydrazine groups is 1. The standard InChI is InChI=1S/C22H19F2N5O/c1-11(25)29(26)6-7-30-22-20-16(14-8-12(23)2-4-18(14)27-20)10-17-15-9-13(24)3-5-19(15)28-21(17)22/h2-5,8-10,25,27-28H,6-7,26H2,1H3. The number of aromatic nitrogens is 2. The van der Waals surface area contributed by atoms with Gasteiger partial charge in [-0.05, 0) is 49.4 Å². The Labute approximate surface area is 169 Å². The second-order valence-electron chi connectivity index (χ2n) is 7.31. The van der Waals surface area contributed by atoms with E-state index in [1.54, 1.807) is 19.1 Å². The number of ether oxygens (including phenoxy) is 1. The molecule has 0 atom stereocenters. The second-order valence-corrected chi connectivity index (χ2v) is 7.31. The molecule has 2 aromatic heterocycles. The quantitative estimate of drug-likeness (QED) is 0.149. The molecular formula is C22H19F2N5O. The van der Waals surface area contributed by atoms with Gasteiger partial charge in [0, 0.05) is 32.6 Å². The molecule has 0 aliphatic heterocycles. The average molecular weight is 407 g/mol. The molecule has 5 aromatic rings. The summed E-state index contributed by atoms with van der Waals surface area (Å²) in [6.07, 6.45) is 0. The molecule has 5 N–H and O–H groups in total. The number of H-pyrrole nitrogens is 2. The largest absolute Gasteiger partial charge is 0.487 e. The van der Waals surface area contributed by atoms with Gasteiger partial charge in [-0.25, -0.2) is 14.6 Å². The van der Waals surface area contributed by atoms with E-state index < -0.39 is 0 Å². The van der Waals surface area contributed by atoms with Crippen LogP contribution in [0.2, 0.25) is 0 Å². The first-order valence-electron chi connectivity index (χ1n) is 9.47. The van der Waals surface area contributed by atoms with Crippen LogP contribution in [0.5, 0.6) is 5.75 Å². The number of benzene rings is 3. The molecule has 0 bridgehead atoms. The maximum Gasteiger partial charge on any atom is 0.167 e. The fourth-order valence-electron chi connectivity index (χ4n) is 3.86. The Hall–Kier alpha value is -3.65. The summed E-state index contributed by atoms with van der Waals surface area (Å²) in [6.45, 7) is 2.14. The lowest BCUT2D eigenvalue weighted by atomic mass is 10.1. The van der Waals surface area contributed by atoms with Crippen LogP contribution in [0.15, 0.2) is 42.5 Å². The molecule has 8 heteroatoms. The first-order valence-corrected chi connectivity index (χ1v) is 9.47. The van der Waals surface area contributed by atoms with E-state index in [4.69, 9.17) is 16.0 Å². The molecule has 0 spiro atoms. The zero-order chi connectivity index (χ0) is 21.0. The lowest BCUT2D eigenvalue weighted by molar-refractivity contribution is 0.274. The van der Waals surface area contributed by atoms with Crippen LogP contribution in [0.4, 0.5) is 8.78 Å². The third-order valence-electron chi connectivity index (χ3n) is 5.35. The van der Waals surface area contributed by atoms with Gasteiger partial charge in [-0.1, -0.05) is 0 Å². The van der Waals surface area contributed by atoms with E-state index in [1.165, 1.54) is 29.3 Å². The van der Waals surface area contributed by atoms with E-state index in [-0.39, 0.29) is 24.1 Å². The molecule has 0 aliphatic carbocycles. The van der Waals surface area contributed by atoms with Crippen LogP contribution in [0.1, 0.15) is 6.92 Å². The number of nitrogens with two attached hydrogens (primary N) is 1. The summed E-state index contributed by atoms with van der Waals surface area (Å²) in [6, 6.07) is 11.0. The highest BCUT2D eigenvalue weighted by Crippen LogP contribution is 2.41. The molecule has 5 rings (SSSR count). The molecule has 30 heavy (non-hydrogen) atoms. The van der Waals surface area contributed by atoms with Crippen molar-refractivity contribution in [3.63, 3.8) is 0 Å². The summed E-state index contributed by atoms with van der Waals surface area (Å²) >= 11 is 0. The molecule has 6 nitrogen and oxygen atoms in total. The van der Waals surface area contributed by atoms with Crippen LogP contribution in [-0.2, 0) is 0 Å². The molecule has 0 saturated carbocycles. The van der Waals surface area contributed by atoms with Gasteiger partial charge in [-0.3, -0.25) is 10.4 Å². The lowest BCUT2D eigenvalue weighted by Gasteiger charge is -2.17. The Morgan fingerprint density at radius 2 is 1.47 bits per heavy atom. The summed E-state index contributed by atoms with van der Waals surface area (Å²) in [5.74, 6) is 5.89. The number of hydrogen-bond donors (Lipinski definition) is 4. The summed E-state index contributed by atoms with van der Waals surface area (Å²) < 4.78 is 34.0. The molecule has 3 aromatic carbocycles. The monoisotopic (exact) mass is 407 g/mol. The van der Waals surface area contributed by atoms with Crippen molar-refractivity contribution in [2.75, 3.05) is 13.2 Å². The van der Waals surface area contributed by atoms with Crippen molar-refractivity contribution >= 4 is 49.4 Å². The normalized spacial score (nSPS) is 11.7. The highest BCUT2D eigenvalue weighted by atomic mass is 19.1. The molecule has 0 unspecified atom stereocenters. The van der Waals surface area contributed by atoms with Gasteiger partial charge in [0.15, 0.2) is 5.75 Å². The number of nitrogens with one attached hydrogen (secondary N) is 3. The van der Waals surface area contributed by atoms with E-state index in [2.05, 4.69) is 9.97 Å². The second kappa shape index (κ2) is 6.70. The van der Waals surface area contributed by atoms with Crippen molar-refractivity contribution in [3.05, 3.63) is 54.1 Å². The van der Waals surface area contributed by atoms with Gasteiger partial charge in [0.1, 0.15) is 24.1 Å². The van der Waals surface area contributed by atoms with Crippen molar-refractivity contribution in [2.24, 2.45) is 5.84 Å². The summed E-state index contributed by atoms with van der Waals surface area (Å²) in [5.41, 5.74) is 2.97. The minimum absolute atomic E-state index is 0.226. The SMILES string of the molecule is CC(=N)N(N)CCOc1c2[nH]c3ccc(F)cc3c2cc2c1[nH]c1ccc(F)cc12. The summed E-state index contributed by atoms with van der Waals surface area (Å²) in [7, 11) is 0. The molecule has 152 valence electrons. The van der Waals surface area contributed by atoms with Crippen molar-refractivity contribution in [3.8, 4) is 5.75 Å². The molecule has 2 heterocycles.